The summed E-state index contributed by atoms with van der Waals surface area (Å²) < 4.78 is 37.0. The molecule has 0 heterocycles. The average Bonchev–Trinajstić information content (AvgIpc) is 2.67. The van der Waals surface area contributed by atoms with Crippen LogP contribution in [0.15, 0.2) is 42.5 Å². The van der Waals surface area contributed by atoms with Gasteiger partial charge in [-0.25, -0.2) is 18.4 Å². The van der Waals surface area contributed by atoms with Crippen LogP contribution >= 0.6 is 0 Å². The highest BCUT2D eigenvalue weighted by molar-refractivity contribution is 6.03. The number of carbonyl (C=O) groups is 2. The van der Waals surface area contributed by atoms with Crippen molar-refractivity contribution < 1.29 is 27.8 Å². The third-order valence-corrected chi connectivity index (χ3v) is 4.41. The van der Waals surface area contributed by atoms with Crippen LogP contribution in [0.5, 0.6) is 5.75 Å². The smallest absolute Gasteiger partial charge is 0.344 e. The molecule has 6 heteroatoms. The number of benzene rings is 2. The van der Waals surface area contributed by atoms with Crippen molar-refractivity contribution in [2.75, 3.05) is 6.61 Å². The van der Waals surface area contributed by atoms with E-state index in [2.05, 4.69) is 6.92 Å². The van der Waals surface area contributed by atoms with Crippen molar-refractivity contribution in [2.45, 2.75) is 39.5 Å². The van der Waals surface area contributed by atoms with Gasteiger partial charge in [0, 0.05) is 18.2 Å². The molecule has 150 valence electrons. The number of rotatable bonds is 9. The van der Waals surface area contributed by atoms with Crippen molar-refractivity contribution in [2.24, 2.45) is 5.92 Å². The van der Waals surface area contributed by atoms with E-state index in [9.17, 15) is 18.4 Å². The Kier molecular flexibility index (Phi) is 8.11. The molecule has 0 fully saturated rings. The SMILES string of the molecule is CCCCC(CC)COC(=O)c1ccccc1C(=O)Oc1cc(F)cc(F)c1. The van der Waals surface area contributed by atoms with Gasteiger partial charge in [0.25, 0.3) is 0 Å². The quantitative estimate of drug-likeness (QED) is 0.416. The van der Waals surface area contributed by atoms with Gasteiger partial charge in [-0.05, 0) is 24.5 Å². The van der Waals surface area contributed by atoms with E-state index < -0.39 is 23.6 Å². The van der Waals surface area contributed by atoms with Crippen LogP contribution in [0.1, 0.15) is 60.2 Å². The molecule has 1 atom stereocenters. The third kappa shape index (κ3) is 6.15. The van der Waals surface area contributed by atoms with E-state index >= 15 is 0 Å². The van der Waals surface area contributed by atoms with Crippen molar-refractivity contribution in [3.05, 3.63) is 65.2 Å². The second-order valence-corrected chi connectivity index (χ2v) is 6.56. The van der Waals surface area contributed by atoms with Gasteiger partial charge in [-0.3, -0.25) is 0 Å². The van der Waals surface area contributed by atoms with E-state index in [-0.39, 0.29) is 29.4 Å². The van der Waals surface area contributed by atoms with Gasteiger partial charge in [0.1, 0.15) is 17.4 Å². The van der Waals surface area contributed by atoms with Crippen molar-refractivity contribution in [3.63, 3.8) is 0 Å². The van der Waals surface area contributed by atoms with Gasteiger partial charge >= 0.3 is 11.9 Å². The molecule has 0 saturated carbocycles. The maximum Gasteiger partial charge on any atom is 0.344 e. The lowest BCUT2D eigenvalue weighted by Crippen LogP contribution is -2.18. The minimum Gasteiger partial charge on any atom is -0.462 e. The average molecular weight is 390 g/mol. The molecule has 0 N–H and O–H groups in total. The predicted octanol–water partition coefficient (Wildman–Crippen LogP) is 5.56. The van der Waals surface area contributed by atoms with Crippen LogP contribution in [0.4, 0.5) is 8.78 Å². The summed E-state index contributed by atoms with van der Waals surface area (Å²) in [5.74, 6) is -3.28. The normalized spacial score (nSPS) is 11.7. The van der Waals surface area contributed by atoms with E-state index in [0.29, 0.717) is 6.07 Å². The first kappa shape index (κ1) is 21.5. The highest BCUT2D eigenvalue weighted by atomic mass is 19.1. The number of unbranched alkanes of at least 4 members (excludes halogenated alkanes) is 1. The zero-order chi connectivity index (χ0) is 20.5. The third-order valence-electron chi connectivity index (χ3n) is 4.41. The van der Waals surface area contributed by atoms with Gasteiger partial charge in [0.15, 0.2) is 0 Å². The van der Waals surface area contributed by atoms with Gasteiger partial charge in [0.2, 0.25) is 0 Å². The fourth-order valence-electron chi connectivity index (χ4n) is 2.76. The Hall–Kier alpha value is -2.76. The molecule has 0 amide bonds. The second kappa shape index (κ2) is 10.5. The number of halogens is 2. The van der Waals surface area contributed by atoms with E-state index in [4.69, 9.17) is 9.47 Å². The number of esters is 2. The highest BCUT2D eigenvalue weighted by Gasteiger charge is 2.21. The molecule has 0 aliphatic rings. The molecule has 0 spiro atoms. The molecular weight excluding hydrogens is 366 g/mol. The molecule has 0 aliphatic heterocycles. The van der Waals surface area contributed by atoms with Crippen LogP contribution in [0, 0.1) is 17.6 Å². The maximum absolute atomic E-state index is 13.3. The summed E-state index contributed by atoms with van der Waals surface area (Å²) in [5.41, 5.74) is 0.0218. The second-order valence-electron chi connectivity index (χ2n) is 6.56. The topological polar surface area (TPSA) is 52.6 Å². The van der Waals surface area contributed by atoms with Crippen LogP contribution < -0.4 is 4.74 Å². The summed E-state index contributed by atoms with van der Waals surface area (Å²) in [5, 5.41) is 0. The summed E-state index contributed by atoms with van der Waals surface area (Å²) >= 11 is 0. The first-order chi connectivity index (χ1) is 13.4. The Morgan fingerprint density at radius 1 is 0.964 bits per heavy atom. The number of hydrogen-bond acceptors (Lipinski definition) is 4. The molecular formula is C22H24F2O4. The molecule has 2 rings (SSSR count). The van der Waals surface area contributed by atoms with Crippen molar-refractivity contribution >= 4 is 11.9 Å². The van der Waals surface area contributed by atoms with Crippen LogP contribution in [-0.2, 0) is 4.74 Å². The van der Waals surface area contributed by atoms with Crippen molar-refractivity contribution in [1.29, 1.82) is 0 Å². The Bertz CT molecular complexity index is 800. The first-order valence-corrected chi connectivity index (χ1v) is 9.39. The monoisotopic (exact) mass is 390 g/mol. The Balaban J connectivity index is 2.10. The lowest BCUT2D eigenvalue weighted by atomic mass is 10.0. The lowest BCUT2D eigenvalue weighted by Gasteiger charge is -2.15. The van der Waals surface area contributed by atoms with Gasteiger partial charge in [-0.1, -0.05) is 45.2 Å². The molecule has 0 radical (unpaired) electrons. The maximum atomic E-state index is 13.3. The van der Waals surface area contributed by atoms with Gasteiger partial charge in [-0.15, -0.1) is 0 Å². The van der Waals surface area contributed by atoms with E-state index in [1.165, 1.54) is 12.1 Å². The molecule has 0 saturated heterocycles. The largest absolute Gasteiger partial charge is 0.462 e. The van der Waals surface area contributed by atoms with Crippen LogP contribution in [0.2, 0.25) is 0 Å². The first-order valence-electron chi connectivity index (χ1n) is 9.39. The fourth-order valence-corrected chi connectivity index (χ4v) is 2.76. The summed E-state index contributed by atoms with van der Waals surface area (Å²) in [6.45, 7) is 4.41. The van der Waals surface area contributed by atoms with E-state index in [0.717, 1.165) is 37.8 Å². The van der Waals surface area contributed by atoms with E-state index in [1.807, 2.05) is 6.92 Å². The predicted molar refractivity (Wildman–Crippen MR) is 101 cm³/mol. The lowest BCUT2D eigenvalue weighted by molar-refractivity contribution is 0.0421. The van der Waals surface area contributed by atoms with Gasteiger partial charge in [-0.2, -0.15) is 0 Å². The number of carbonyl (C=O) groups excluding carboxylic acids is 2. The van der Waals surface area contributed by atoms with Crippen LogP contribution in [0.3, 0.4) is 0 Å². The van der Waals surface area contributed by atoms with Crippen molar-refractivity contribution in [3.8, 4) is 5.75 Å². The highest BCUT2D eigenvalue weighted by Crippen LogP contribution is 2.20. The Labute approximate surface area is 163 Å². The Morgan fingerprint density at radius 3 is 2.14 bits per heavy atom. The standard InChI is InChI=1S/C22H24F2O4/c1-3-5-8-15(4-2)14-27-21(25)19-9-6-7-10-20(19)22(26)28-18-12-16(23)11-17(24)13-18/h6-7,9-13,15H,3-5,8,14H2,1-2H3. The van der Waals surface area contributed by atoms with E-state index in [1.54, 1.807) is 12.1 Å². The molecule has 1 unspecified atom stereocenters. The molecule has 4 nitrogen and oxygen atoms in total. The molecule has 2 aromatic carbocycles. The zero-order valence-electron chi connectivity index (χ0n) is 16.0. The Morgan fingerprint density at radius 2 is 1.57 bits per heavy atom. The molecule has 28 heavy (non-hydrogen) atoms. The van der Waals surface area contributed by atoms with Crippen LogP contribution in [0.25, 0.3) is 0 Å². The molecule has 0 bridgehead atoms. The van der Waals surface area contributed by atoms with Gasteiger partial charge < -0.3 is 9.47 Å². The van der Waals surface area contributed by atoms with Gasteiger partial charge in [0.05, 0.1) is 17.7 Å². The number of ether oxygens (including phenoxy) is 2. The van der Waals surface area contributed by atoms with Crippen molar-refractivity contribution in [1.82, 2.24) is 0 Å². The molecule has 0 aromatic heterocycles. The molecule has 0 aliphatic carbocycles. The summed E-state index contributed by atoms with van der Waals surface area (Å²) in [6.07, 6.45) is 3.99. The number of hydrogen-bond donors (Lipinski definition) is 0. The van der Waals surface area contributed by atoms with Crippen LogP contribution in [-0.4, -0.2) is 18.5 Å². The molecule has 2 aromatic rings. The summed E-state index contributed by atoms with van der Waals surface area (Å²) in [7, 11) is 0. The minimum absolute atomic E-state index is 0.0289. The summed E-state index contributed by atoms with van der Waals surface area (Å²) in [4.78, 5) is 24.9. The fraction of sp³-hybridized carbons (Fsp3) is 0.364. The summed E-state index contributed by atoms with van der Waals surface area (Å²) in [6, 6.07) is 8.48. The minimum atomic E-state index is -0.893. The zero-order valence-corrected chi connectivity index (χ0v) is 16.0.